The van der Waals surface area contributed by atoms with Gasteiger partial charge in [-0.3, -0.25) is 0 Å². The molecular formula is C12H22O6. The molecule has 0 spiro atoms. The van der Waals surface area contributed by atoms with Crippen molar-refractivity contribution in [1.29, 1.82) is 0 Å². The summed E-state index contributed by atoms with van der Waals surface area (Å²) in [6.07, 6.45) is -1.14. The summed E-state index contributed by atoms with van der Waals surface area (Å²) in [5.74, 6) is -1.97. The zero-order valence-corrected chi connectivity index (χ0v) is 11.3. The molecule has 2 fully saturated rings. The maximum atomic E-state index is 9.64. The van der Waals surface area contributed by atoms with Gasteiger partial charge in [-0.25, -0.2) is 0 Å². The van der Waals surface area contributed by atoms with E-state index in [4.69, 9.17) is 18.9 Å². The third-order valence-corrected chi connectivity index (χ3v) is 2.94. The minimum atomic E-state index is -1.29. The smallest absolute Gasteiger partial charge is 0.164 e. The third kappa shape index (κ3) is 3.20. The molecule has 0 aromatic carbocycles. The molecule has 4 unspecified atom stereocenters. The Hall–Kier alpha value is -0.240. The molecule has 4 atom stereocenters. The molecular weight excluding hydrogens is 240 g/mol. The van der Waals surface area contributed by atoms with Crippen LogP contribution in [0.4, 0.5) is 0 Å². The van der Waals surface area contributed by atoms with Crippen LogP contribution >= 0.6 is 0 Å². The van der Waals surface area contributed by atoms with Gasteiger partial charge in [0.15, 0.2) is 17.9 Å². The Labute approximate surface area is 107 Å². The summed E-state index contributed by atoms with van der Waals surface area (Å²) in [6, 6.07) is 0. The topological polar surface area (TPSA) is 77.4 Å². The van der Waals surface area contributed by atoms with Crippen LogP contribution in [0, 0.1) is 0 Å². The van der Waals surface area contributed by atoms with Gasteiger partial charge in [-0.1, -0.05) is 0 Å². The maximum Gasteiger partial charge on any atom is 0.164 e. The molecule has 0 bridgehead atoms. The molecule has 0 radical (unpaired) electrons. The summed E-state index contributed by atoms with van der Waals surface area (Å²) in [6.45, 7) is 6.54. The Balaban J connectivity index is 2.05. The Bertz CT molecular complexity index is 297. The van der Waals surface area contributed by atoms with Crippen molar-refractivity contribution in [2.75, 3.05) is 6.61 Å². The lowest BCUT2D eigenvalue weighted by Crippen LogP contribution is -2.50. The molecule has 6 heteroatoms. The molecule has 0 aromatic rings. The van der Waals surface area contributed by atoms with E-state index in [0.717, 1.165) is 0 Å². The molecule has 6 nitrogen and oxygen atoms in total. The van der Waals surface area contributed by atoms with Gasteiger partial charge < -0.3 is 29.2 Å². The van der Waals surface area contributed by atoms with Gasteiger partial charge >= 0.3 is 0 Å². The van der Waals surface area contributed by atoms with Gasteiger partial charge in [-0.05, 0) is 27.7 Å². The van der Waals surface area contributed by atoms with Gasteiger partial charge in [-0.2, -0.15) is 0 Å². The number of hydrogen-bond donors (Lipinski definition) is 2. The van der Waals surface area contributed by atoms with E-state index in [0.29, 0.717) is 6.42 Å². The highest BCUT2D eigenvalue weighted by molar-refractivity contribution is 4.91. The Kier molecular flexibility index (Phi) is 3.70. The van der Waals surface area contributed by atoms with Crippen molar-refractivity contribution in [1.82, 2.24) is 0 Å². The van der Waals surface area contributed by atoms with E-state index < -0.39 is 24.0 Å². The van der Waals surface area contributed by atoms with E-state index >= 15 is 0 Å². The van der Waals surface area contributed by atoms with Crippen LogP contribution in [-0.2, 0) is 18.9 Å². The van der Waals surface area contributed by atoms with Crippen LogP contribution in [0.2, 0.25) is 0 Å². The van der Waals surface area contributed by atoms with E-state index in [1.165, 1.54) is 13.8 Å². The minimum Gasteiger partial charge on any atom is -0.394 e. The second-order valence-electron chi connectivity index (χ2n) is 5.73. The lowest BCUT2D eigenvalue weighted by Gasteiger charge is -2.37. The number of ether oxygens (including phenoxy) is 4. The second-order valence-corrected chi connectivity index (χ2v) is 5.73. The first-order chi connectivity index (χ1) is 8.20. The summed E-state index contributed by atoms with van der Waals surface area (Å²) in [5, 5.41) is 19.0. The molecule has 2 saturated heterocycles. The van der Waals surface area contributed by atoms with Gasteiger partial charge in [0, 0.05) is 6.42 Å². The summed E-state index contributed by atoms with van der Waals surface area (Å²) < 4.78 is 22.4. The molecule has 0 amide bonds. The van der Waals surface area contributed by atoms with Crippen molar-refractivity contribution in [3.63, 3.8) is 0 Å². The number of rotatable bonds is 3. The standard InChI is InChI=1S/C12H22O6/c1-11(2,14)17-9-5-7-10(8(6-13)15-9)18-12(3,4)16-7/h7-10,13-14H,5-6H2,1-4H3. The monoisotopic (exact) mass is 262 g/mol. The van der Waals surface area contributed by atoms with Crippen LogP contribution in [0.1, 0.15) is 34.1 Å². The van der Waals surface area contributed by atoms with E-state index in [9.17, 15) is 10.2 Å². The van der Waals surface area contributed by atoms with Crippen LogP contribution in [0.15, 0.2) is 0 Å². The molecule has 2 N–H and O–H groups in total. The van der Waals surface area contributed by atoms with Crippen molar-refractivity contribution in [3.05, 3.63) is 0 Å². The highest BCUT2D eigenvalue weighted by atomic mass is 16.8. The predicted molar refractivity (Wildman–Crippen MR) is 61.6 cm³/mol. The molecule has 2 aliphatic rings. The van der Waals surface area contributed by atoms with Crippen molar-refractivity contribution >= 4 is 0 Å². The molecule has 0 saturated carbocycles. The zero-order valence-electron chi connectivity index (χ0n) is 11.3. The lowest BCUT2D eigenvalue weighted by molar-refractivity contribution is -0.314. The van der Waals surface area contributed by atoms with Gasteiger partial charge in [0.1, 0.15) is 12.2 Å². The summed E-state index contributed by atoms with van der Waals surface area (Å²) in [7, 11) is 0. The number of aliphatic hydroxyl groups is 2. The molecule has 0 aromatic heterocycles. The fourth-order valence-corrected chi connectivity index (χ4v) is 2.42. The summed E-state index contributed by atoms with van der Waals surface area (Å²) >= 11 is 0. The second kappa shape index (κ2) is 4.70. The Morgan fingerprint density at radius 3 is 2.56 bits per heavy atom. The van der Waals surface area contributed by atoms with Crippen LogP contribution in [-0.4, -0.2) is 53.0 Å². The Morgan fingerprint density at radius 1 is 1.33 bits per heavy atom. The largest absolute Gasteiger partial charge is 0.394 e. The van der Waals surface area contributed by atoms with Crippen LogP contribution in [0.5, 0.6) is 0 Å². The summed E-state index contributed by atoms with van der Waals surface area (Å²) in [4.78, 5) is 0. The van der Waals surface area contributed by atoms with Gasteiger partial charge in [0.25, 0.3) is 0 Å². The Morgan fingerprint density at radius 2 is 2.00 bits per heavy atom. The van der Waals surface area contributed by atoms with Crippen molar-refractivity contribution in [2.45, 2.75) is 70.3 Å². The van der Waals surface area contributed by atoms with Gasteiger partial charge in [0.2, 0.25) is 0 Å². The normalized spacial score (nSPS) is 39.7. The number of fused-ring (bicyclic) bond motifs is 1. The zero-order chi connectivity index (χ0) is 13.6. The minimum absolute atomic E-state index is 0.174. The first kappa shape index (κ1) is 14.2. The fourth-order valence-electron chi connectivity index (χ4n) is 2.42. The quantitative estimate of drug-likeness (QED) is 0.715. The van der Waals surface area contributed by atoms with Crippen molar-refractivity contribution < 1.29 is 29.2 Å². The van der Waals surface area contributed by atoms with Crippen LogP contribution < -0.4 is 0 Å². The first-order valence-electron chi connectivity index (χ1n) is 6.22. The third-order valence-electron chi connectivity index (χ3n) is 2.94. The molecule has 2 aliphatic heterocycles. The maximum absolute atomic E-state index is 9.64. The van der Waals surface area contributed by atoms with Gasteiger partial charge in [-0.15, -0.1) is 0 Å². The fraction of sp³-hybridized carbons (Fsp3) is 1.00. The van der Waals surface area contributed by atoms with Crippen molar-refractivity contribution in [3.8, 4) is 0 Å². The molecule has 2 heterocycles. The number of hydrogen-bond acceptors (Lipinski definition) is 6. The molecule has 106 valence electrons. The molecule has 0 aliphatic carbocycles. The summed E-state index contributed by atoms with van der Waals surface area (Å²) in [5.41, 5.74) is 0. The van der Waals surface area contributed by atoms with Crippen LogP contribution in [0.25, 0.3) is 0 Å². The average Bonchev–Trinajstić information content (AvgIpc) is 2.48. The SMILES string of the molecule is CC(C)(O)OC1CC2OC(C)(C)OC2C(CO)O1. The first-order valence-corrected chi connectivity index (χ1v) is 6.22. The van der Waals surface area contributed by atoms with Crippen molar-refractivity contribution in [2.24, 2.45) is 0 Å². The highest BCUT2D eigenvalue weighted by Gasteiger charge is 2.50. The van der Waals surface area contributed by atoms with Gasteiger partial charge in [0.05, 0.1) is 12.7 Å². The predicted octanol–water partition coefficient (Wildman–Crippen LogP) is 0.359. The lowest BCUT2D eigenvalue weighted by atomic mass is 10.0. The van der Waals surface area contributed by atoms with E-state index in [1.54, 1.807) is 0 Å². The van der Waals surface area contributed by atoms with E-state index in [2.05, 4.69) is 0 Å². The number of aliphatic hydroxyl groups excluding tert-OH is 1. The van der Waals surface area contributed by atoms with E-state index in [1.807, 2.05) is 13.8 Å². The molecule has 18 heavy (non-hydrogen) atoms. The molecule has 2 rings (SSSR count). The average molecular weight is 262 g/mol. The highest BCUT2D eigenvalue weighted by Crippen LogP contribution is 2.37. The van der Waals surface area contributed by atoms with E-state index in [-0.39, 0.29) is 18.8 Å². The van der Waals surface area contributed by atoms with Crippen LogP contribution in [0.3, 0.4) is 0 Å².